The number of aromatic nitrogens is 1. The third-order valence-corrected chi connectivity index (χ3v) is 6.71. The van der Waals surface area contributed by atoms with Crippen LogP contribution in [0.4, 0.5) is 0 Å². The van der Waals surface area contributed by atoms with Crippen molar-refractivity contribution in [3.8, 4) is 0 Å². The van der Waals surface area contributed by atoms with Gasteiger partial charge >= 0.3 is 0 Å². The third kappa shape index (κ3) is 2.95. The Hall–Kier alpha value is -1.24. The summed E-state index contributed by atoms with van der Waals surface area (Å²) in [5.74, 6) is 0.275. The predicted molar refractivity (Wildman–Crippen MR) is 93.8 cm³/mol. The van der Waals surface area contributed by atoms with Crippen LogP contribution in [0.5, 0.6) is 0 Å². The second-order valence-electron chi connectivity index (χ2n) is 6.63. The summed E-state index contributed by atoms with van der Waals surface area (Å²) in [4.78, 5) is 21.7. The Morgan fingerprint density at radius 2 is 2.22 bits per heavy atom. The maximum absolute atomic E-state index is 12.5. The predicted octanol–water partition coefficient (Wildman–Crippen LogP) is 2.93. The Morgan fingerprint density at radius 1 is 1.35 bits per heavy atom. The van der Waals surface area contributed by atoms with E-state index in [0.717, 1.165) is 43.2 Å². The van der Waals surface area contributed by atoms with Crippen LogP contribution in [0.25, 0.3) is 0 Å². The standard InChI is InChI=1S/C17H21N3OS2/c1-13-18-15(11-23-13)9-20-6-4-17(20)3-5-19(12-17)16(21)8-14-2-7-22-10-14/h2,7,10-11H,3-6,8-9,12H2,1H3/t17-/m1/s1. The second kappa shape index (κ2) is 6.00. The van der Waals surface area contributed by atoms with Gasteiger partial charge < -0.3 is 4.90 Å². The van der Waals surface area contributed by atoms with Crippen LogP contribution < -0.4 is 0 Å². The molecule has 2 aliphatic heterocycles. The topological polar surface area (TPSA) is 36.4 Å². The molecule has 0 bridgehead atoms. The maximum atomic E-state index is 12.5. The Labute approximate surface area is 144 Å². The van der Waals surface area contributed by atoms with Gasteiger partial charge in [-0.3, -0.25) is 9.69 Å². The molecule has 1 atom stereocenters. The fourth-order valence-electron chi connectivity index (χ4n) is 3.72. The first kappa shape index (κ1) is 15.3. The zero-order valence-electron chi connectivity index (χ0n) is 13.3. The van der Waals surface area contributed by atoms with Crippen LogP contribution >= 0.6 is 22.7 Å². The normalized spacial score (nSPS) is 24.3. The van der Waals surface area contributed by atoms with Crippen LogP contribution in [0.15, 0.2) is 22.2 Å². The number of thiazole rings is 1. The Morgan fingerprint density at radius 3 is 2.87 bits per heavy atom. The Balaban J connectivity index is 1.38. The van der Waals surface area contributed by atoms with E-state index in [9.17, 15) is 4.79 Å². The lowest BCUT2D eigenvalue weighted by molar-refractivity contribution is -0.130. The molecule has 2 fully saturated rings. The van der Waals surface area contributed by atoms with E-state index in [1.54, 1.807) is 22.7 Å². The molecular weight excluding hydrogens is 326 g/mol. The average molecular weight is 348 g/mol. The largest absolute Gasteiger partial charge is 0.340 e. The monoisotopic (exact) mass is 347 g/mol. The number of amides is 1. The van der Waals surface area contributed by atoms with Crippen molar-refractivity contribution in [1.82, 2.24) is 14.8 Å². The zero-order valence-corrected chi connectivity index (χ0v) is 15.0. The lowest BCUT2D eigenvalue weighted by atomic mass is 9.83. The molecule has 122 valence electrons. The Kier molecular flexibility index (Phi) is 3.99. The zero-order chi connectivity index (χ0) is 15.9. The van der Waals surface area contributed by atoms with Gasteiger partial charge in [0.15, 0.2) is 0 Å². The van der Waals surface area contributed by atoms with Crippen LogP contribution in [0, 0.1) is 6.92 Å². The lowest BCUT2D eigenvalue weighted by Gasteiger charge is -2.50. The first-order valence-corrected chi connectivity index (χ1v) is 9.92. The summed E-state index contributed by atoms with van der Waals surface area (Å²) in [6.07, 6.45) is 2.86. The molecule has 0 saturated carbocycles. The fraction of sp³-hybridized carbons (Fsp3) is 0.529. The van der Waals surface area contributed by atoms with Gasteiger partial charge in [-0.05, 0) is 42.2 Å². The van der Waals surface area contributed by atoms with Gasteiger partial charge in [-0.15, -0.1) is 11.3 Å². The molecule has 2 aliphatic rings. The lowest BCUT2D eigenvalue weighted by Crippen LogP contribution is -2.60. The molecule has 0 aliphatic carbocycles. The minimum Gasteiger partial charge on any atom is -0.340 e. The molecule has 2 aromatic heterocycles. The summed E-state index contributed by atoms with van der Waals surface area (Å²) < 4.78 is 0. The minimum absolute atomic E-state index is 0.210. The second-order valence-corrected chi connectivity index (χ2v) is 8.47. The highest BCUT2D eigenvalue weighted by Gasteiger charge is 2.49. The number of thiophene rings is 1. The first-order valence-electron chi connectivity index (χ1n) is 8.10. The van der Waals surface area contributed by atoms with Crippen LogP contribution in [-0.4, -0.2) is 45.9 Å². The van der Waals surface area contributed by atoms with E-state index in [4.69, 9.17) is 0 Å². The molecule has 4 nitrogen and oxygen atoms in total. The maximum Gasteiger partial charge on any atom is 0.227 e. The van der Waals surface area contributed by atoms with Gasteiger partial charge in [0.05, 0.1) is 17.1 Å². The van der Waals surface area contributed by atoms with Gasteiger partial charge in [-0.1, -0.05) is 0 Å². The molecule has 6 heteroatoms. The third-order valence-electron chi connectivity index (χ3n) is 5.16. The van der Waals surface area contributed by atoms with Crippen molar-refractivity contribution in [2.45, 2.75) is 38.3 Å². The SMILES string of the molecule is Cc1nc(CN2CC[C@@]23CCN(C(=O)Cc2ccsc2)C3)cs1. The van der Waals surface area contributed by atoms with Gasteiger partial charge in [-0.2, -0.15) is 11.3 Å². The quantitative estimate of drug-likeness (QED) is 0.853. The van der Waals surface area contributed by atoms with Gasteiger partial charge in [-0.25, -0.2) is 4.98 Å². The first-order chi connectivity index (χ1) is 11.1. The summed E-state index contributed by atoms with van der Waals surface area (Å²) >= 11 is 3.38. The van der Waals surface area contributed by atoms with Crippen LogP contribution in [-0.2, 0) is 17.8 Å². The van der Waals surface area contributed by atoms with E-state index in [1.165, 1.54) is 12.1 Å². The van der Waals surface area contributed by atoms with Crippen LogP contribution in [0.2, 0.25) is 0 Å². The number of rotatable bonds is 4. The van der Waals surface area contributed by atoms with E-state index < -0.39 is 0 Å². The molecule has 4 rings (SSSR count). The summed E-state index contributed by atoms with van der Waals surface area (Å²) in [5, 5.41) is 7.41. The molecule has 2 aromatic rings. The van der Waals surface area contributed by atoms with E-state index in [-0.39, 0.29) is 11.4 Å². The minimum atomic E-state index is 0.210. The van der Waals surface area contributed by atoms with E-state index in [1.807, 2.05) is 5.38 Å². The smallest absolute Gasteiger partial charge is 0.227 e. The summed E-state index contributed by atoms with van der Waals surface area (Å²) in [6, 6.07) is 2.05. The van der Waals surface area contributed by atoms with Crippen LogP contribution in [0.1, 0.15) is 29.1 Å². The number of hydrogen-bond acceptors (Lipinski definition) is 5. The number of carbonyl (C=O) groups excluding carboxylic acids is 1. The van der Waals surface area contributed by atoms with Crippen molar-refractivity contribution < 1.29 is 4.79 Å². The van der Waals surface area contributed by atoms with E-state index >= 15 is 0 Å². The van der Waals surface area contributed by atoms with Crippen molar-refractivity contribution in [2.24, 2.45) is 0 Å². The van der Waals surface area contributed by atoms with Gasteiger partial charge in [0.2, 0.25) is 5.91 Å². The van der Waals surface area contributed by atoms with Gasteiger partial charge in [0, 0.05) is 37.1 Å². The van der Waals surface area contributed by atoms with E-state index in [0.29, 0.717) is 6.42 Å². The molecule has 0 radical (unpaired) electrons. The number of likely N-dealkylation sites (tertiary alicyclic amines) is 2. The number of aryl methyl sites for hydroxylation is 1. The number of nitrogens with zero attached hydrogens (tertiary/aromatic N) is 3. The summed E-state index contributed by atoms with van der Waals surface area (Å²) in [6.45, 7) is 5.90. The molecule has 23 heavy (non-hydrogen) atoms. The highest BCUT2D eigenvalue weighted by atomic mass is 32.1. The van der Waals surface area contributed by atoms with Crippen molar-refractivity contribution >= 4 is 28.6 Å². The highest BCUT2D eigenvalue weighted by molar-refractivity contribution is 7.09. The van der Waals surface area contributed by atoms with Crippen molar-refractivity contribution in [2.75, 3.05) is 19.6 Å². The molecule has 0 N–H and O–H groups in total. The average Bonchev–Trinajstić information content (AvgIpc) is 3.24. The molecule has 0 aromatic carbocycles. The van der Waals surface area contributed by atoms with E-state index in [2.05, 4.69) is 38.5 Å². The van der Waals surface area contributed by atoms with Crippen molar-refractivity contribution in [3.05, 3.63) is 38.5 Å². The number of carbonyl (C=O) groups is 1. The van der Waals surface area contributed by atoms with Crippen molar-refractivity contribution in [3.63, 3.8) is 0 Å². The molecule has 0 unspecified atom stereocenters. The van der Waals surface area contributed by atoms with Crippen molar-refractivity contribution in [1.29, 1.82) is 0 Å². The highest BCUT2D eigenvalue weighted by Crippen LogP contribution is 2.40. The molecule has 2 saturated heterocycles. The summed E-state index contributed by atoms with van der Waals surface area (Å²) in [5.41, 5.74) is 2.53. The number of hydrogen-bond donors (Lipinski definition) is 0. The van der Waals surface area contributed by atoms with Gasteiger partial charge in [0.25, 0.3) is 0 Å². The molecule has 1 amide bonds. The molecular formula is C17H21N3OS2. The molecule has 4 heterocycles. The Bertz CT molecular complexity index is 697. The molecule has 1 spiro atoms. The fourth-order valence-corrected chi connectivity index (χ4v) is 4.99. The summed E-state index contributed by atoms with van der Waals surface area (Å²) in [7, 11) is 0. The van der Waals surface area contributed by atoms with Crippen LogP contribution in [0.3, 0.4) is 0 Å². The van der Waals surface area contributed by atoms with Gasteiger partial charge in [0.1, 0.15) is 0 Å².